The Morgan fingerprint density at radius 3 is 3.11 bits per heavy atom. The quantitative estimate of drug-likeness (QED) is 0.833. The first-order valence-electron chi connectivity index (χ1n) is 6.22. The Hall–Kier alpha value is -1.62. The van der Waals surface area contributed by atoms with Gasteiger partial charge in [-0.25, -0.2) is 4.98 Å². The molecule has 5 heteroatoms. The highest BCUT2D eigenvalue weighted by Crippen LogP contribution is 2.21. The molecule has 1 amide bonds. The number of nitrogens with zero attached hydrogens (tertiary/aromatic N) is 2. The lowest BCUT2D eigenvalue weighted by Crippen LogP contribution is -2.35. The van der Waals surface area contributed by atoms with Crippen LogP contribution >= 0.6 is 0 Å². The van der Waals surface area contributed by atoms with Gasteiger partial charge in [-0.1, -0.05) is 0 Å². The van der Waals surface area contributed by atoms with Crippen molar-refractivity contribution in [3.8, 4) is 0 Å². The molecule has 0 spiro atoms. The zero-order valence-corrected chi connectivity index (χ0v) is 10.8. The van der Waals surface area contributed by atoms with E-state index in [-0.39, 0.29) is 11.9 Å². The zero-order chi connectivity index (χ0) is 13.1. The van der Waals surface area contributed by atoms with E-state index in [0.717, 1.165) is 30.9 Å². The fourth-order valence-electron chi connectivity index (χ4n) is 2.24. The maximum Gasteiger partial charge on any atom is 0.217 e. The lowest BCUT2D eigenvalue weighted by Gasteiger charge is -2.18. The van der Waals surface area contributed by atoms with Gasteiger partial charge in [-0.05, 0) is 31.0 Å². The summed E-state index contributed by atoms with van der Waals surface area (Å²) in [5.41, 5.74) is 0.864. The molecule has 1 aromatic rings. The number of hydrogen-bond acceptors (Lipinski definition) is 4. The summed E-state index contributed by atoms with van der Waals surface area (Å²) in [5.74, 6) is 0.869. The number of amides is 1. The topological polar surface area (TPSA) is 65.5 Å². The molecule has 1 aromatic heterocycles. The third kappa shape index (κ3) is 2.98. The number of carbonyl (C=O) groups is 1. The lowest BCUT2D eigenvalue weighted by molar-refractivity contribution is -0.119. The van der Waals surface area contributed by atoms with Gasteiger partial charge in [0.15, 0.2) is 0 Å². The summed E-state index contributed by atoms with van der Waals surface area (Å²) in [6, 6.07) is 3.91. The van der Waals surface area contributed by atoms with Crippen molar-refractivity contribution in [2.24, 2.45) is 0 Å². The first-order chi connectivity index (χ1) is 8.56. The molecule has 5 nitrogen and oxygen atoms in total. The zero-order valence-electron chi connectivity index (χ0n) is 10.8. The molecule has 0 aliphatic carbocycles. The van der Waals surface area contributed by atoms with Gasteiger partial charge in [-0.3, -0.25) is 4.79 Å². The smallest absolute Gasteiger partial charge is 0.217 e. The van der Waals surface area contributed by atoms with Gasteiger partial charge in [-0.15, -0.1) is 0 Å². The van der Waals surface area contributed by atoms with E-state index in [9.17, 15) is 9.90 Å². The summed E-state index contributed by atoms with van der Waals surface area (Å²) in [6.07, 6.45) is 2.16. The maximum absolute atomic E-state index is 11.0. The van der Waals surface area contributed by atoms with Gasteiger partial charge in [0, 0.05) is 32.3 Å². The number of hydrogen-bond donors (Lipinski definition) is 2. The van der Waals surface area contributed by atoms with Crippen LogP contribution in [0.3, 0.4) is 0 Å². The van der Waals surface area contributed by atoms with E-state index in [1.165, 1.54) is 6.92 Å². The minimum Gasteiger partial charge on any atom is -0.389 e. The van der Waals surface area contributed by atoms with Crippen LogP contribution in [0.15, 0.2) is 18.3 Å². The predicted octanol–water partition coefficient (Wildman–Crippen LogP) is 0.850. The van der Waals surface area contributed by atoms with Crippen LogP contribution in [0.4, 0.5) is 5.82 Å². The Kier molecular flexibility index (Phi) is 3.81. The van der Waals surface area contributed by atoms with Gasteiger partial charge >= 0.3 is 0 Å². The monoisotopic (exact) mass is 249 g/mol. The van der Waals surface area contributed by atoms with Crippen molar-refractivity contribution in [3.63, 3.8) is 0 Å². The second-order valence-corrected chi connectivity index (χ2v) is 4.76. The summed E-state index contributed by atoms with van der Waals surface area (Å²) < 4.78 is 0. The molecule has 1 aliphatic heterocycles. The molecule has 2 heterocycles. The summed E-state index contributed by atoms with van der Waals surface area (Å²) in [6.45, 7) is 4.93. The highest BCUT2D eigenvalue weighted by atomic mass is 16.3. The van der Waals surface area contributed by atoms with Crippen molar-refractivity contribution in [1.29, 1.82) is 0 Å². The Morgan fingerprint density at radius 1 is 1.67 bits per heavy atom. The van der Waals surface area contributed by atoms with Crippen LogP contribution < -0.4 is 10.2 Å². The first kappa shape index (κ1) is 12.8. The molecule has 18 heavy (non-hydrogen) atoms. The molecule has 0 radical (unpaired) electrons. The van der Waals surface area contributed by atoms with Crippen molar-refractivity contribution < 1.29 is 9.90 Å². The Balaban J connectivity index is 2.05. The predicted molar refractivity (Wildman–Crippen MR) is 69.3 cm³/mol. The molecule has 0 aromatic carbocycles. The SMILES string of the molecule is CC(=O)NC1CCN(c2cc(C(C)O)ccn2)C1. The van der Waals surface area contributed by atoms with Crippen LogP contribution in [-0.2, 0) is 4.79 Å². The van der Waals surface area contributed by atoms with Crippen LogP contribution in [0.5, 0.6) is 0 Å². The van der Waals surface area contributed by atoms with Crippen LogP contribution in [-0.4, -0.2) is 35.1 Å². The molecule has 2 rings (SSSR count). The summed E-state index contributed by atoms with van der Waals surface area (Å²) in [5, 5.41) is 12.5. The third-order valence-corrected chi connectivity index (χ3v) is 3.17. The van der Waals surface area contributed by atoms with E-state index < -0.39 is 6.10 Å². The van der Waals surface area contributed by atoms with Crippen LogP contribution in [0, 0.1) is 0 Å². The number of pyridine rings is 1. The van der Waals surface area contributed by atoms with Crippen molar-refractivity contribution in [1.82, 2.24) is 10.3 Å². The van der Waals surface area contributed by atoms with E-state index in [2.05, 4.69) is 15.2 Å². The van der Waals surface area contributed by atoms with Crippen molar-refractivity contribution in [2.45, 2.75) is 32.4 Å². The van der Waals surface area contributed by atoms with Crippen molar-refractivity contribution in [2.75, 3.05) is 18.0 Å². The molecule has 1 aliphatic rings. The van der Waals surface area contributed by atoms with Crippen LogP contribution in [0.2, 0.25) is 0 Å². The maximum atomic E-state index is 11.0. The second-order valence-electron chi connectivity index (χ2n) is 4.76. The third-order valence-electron chi connectivity index (χ3n) is 3.17. The van der Waals surface area contributed by atoms with E-state index in [1.54, 1.807) is 13.1 Å². The average Bonchev–Trinajstić information content (AvgIpc) is 2.77. The first-order valence-corrected chi connectivity index (χ1v) is 6.22. The number of nitrogens with one attached hydrogen (secondary N) is 1. The van der Waals surface area contributed by atoms with E-state index in [4.69, 9.17) is 0 Å². The highest BCUT2D eigenvalue weighted by Gasteiger charge is 2.24. The molecule has 1 saturated heterocycles. The summed E-state index contributed by atoms with van der Waals surface area (Å²) in [7, 11) is 0. The molecule has 98 valence electrons. The van der Waals surface area contributed by atoms with E-state index >= 15 is 0 Å². The Labute approximate surface area is 107 Å². The molecular weight excluding hydrogens is 230 g/mol. The fraction of sp³-hybridized carbons (Fsp3) is 0.538. The molecule has 2 unspecified atom stereocenters. The molecule has 0 saturated carbocycles. The normalized spacial score (nSPS) is 20.8. The molecule has 0 bridgehead atoms. The Morgan fingerprint density at radius 2 is 2.44 bits per heavy atom. The largest absolute Gasteiger partial charge is 0.389 e. The number of anilines is 1. The number of aliphatic hydroxyl groups excluding tert-OH is 1. The van der Waals surface area contributed by atoms with Gasteiger partial charge in [0.25, 0.3) is 0 Å². The molecule has 2 N–H and O–H groups in total. The average molecular weight is 249 g/mol. The number of carbonyl (C=O) groups excluding carboxylic acids is 1. The van der Waals surface area contributed by atoms with Crippen LogP contribution in [0.25, 0.3) is 0 Å². The highest BCUT2D eigenvalue weighted by molar-refractivity contribution is 5.73. The Bertz CT molecular complexity index is 434. The van der Waals surface area contributed by atoms with Gasteiger partial charge in [0.1, 0.15) is 5.82 Å². The van der Waals surface area contributed by atoms with Crippen molar-refractivity contribution in [3.05, 3.63) is 23.9 Å². The summed E-state index contributed by atoms with van der Waals surface area (Å²) >= 11 is 0. The number of aromatic nitrogens is 1. The van der Waals surface area contributed by atoms with Gasteiger partial charge < -0.3 is 15.3 Å². The van der Waals surface area contributed by atoms with Gasteiger partial charge in [0.05, 0.1) is 6.10 Å². The second kappa shape index (κ2) is 5.35. The van der Waals surface area contributed by atoms with Gasteiger partial charge in [-0.2, -0.15) is 0 Å². The molecule has 1 fully saturated rings. The van der Waals surface area contributed by atoms with Gasteiger partial charge in [0.2, 0.25) is 5.91 Å². The molecule has 2 atom stereocenters. The van der Waals surface area contributed by atoms with Crippen LogP contribution in [0.1, 0.15) is 31.9 Å². The summed E-state index contributed by atoms with van der Waals surface area (Å²) in [4.78, 5) is 17.5. The van der Waals surface area contributed by atoms with E-state index in [0.29, 0.717) is 0 Å². The lowest BCUT2D eigenvalue weighted by atomic mass is 10.2. The standard InChI is InChI=1S/C13H19N3O2/c1-9(17)11-3-5-14-13(7-11)16-6-4-12(8-16)15-10(2)18/h3,5,7,9,12,17H,4,6,8H2,1-2H3,(H,15,18). The minimum absolute atomic E-state index is 0.00698. The number of rotatable bonds is 3. The minimum atomic E-state index is -0.486. The fourth-order valence-corrected chi connectivity index (χ4v) is 2.24. The van der Waals surface area contributed by atoms with Crippen molar-refractivity contribution >= 4 is 11.7 Å². The molecular formula is C13H19N3O2. The van der Waals surface area contributed by atoms with E-state index in [1.807, 2.05) is 12.1 Å². The number of aliphatic hydroxyl groups is 1.